The van der Waals surface area contributed by atoms with Crippen LogP contribution in [-0.2, 0) is 4.79 Å². The van der Waals surface area contributed by atoms with Crippen molar-refractivity contribution in [1.29, 1.82) is 0 Å². The van der Waals surface area contributed by atoms with Crippen LogP contribution in [0, 0.1) is 0 Å². The average Bonchev–Trinajstić information content (AvgIpc) is 2.69. The topological polar surface area (TPSA) is 45.6 Å². The Morgan fingerprint density at radius 2 is 2.20 bits per heavy atom. The number of carbonyl (C=O) groups is 1. The molecule has 1 aliphatic heterocycles. The molecular weight excluding hydrogens is 231 g/mol. The van der Waals surface area contributed by atoms with E-state index in [9.17, 15) is 18.0 Å². The molecule has 4 nitrogen and oxygen atoms in total. The van der Waals surface area contributed by atoms with Crippen molar-refractivity contribution in [3.63, 3.8) is 0 Å². The molecule has 0 bridgehead atoms. The zero-order valence-electron chi connectivity index (χ0n) is 7.15. The highest BCUT2D eigenvalue weighted by Gasteiger charge is 2.43. The number of halogens is 3. The lowest BCUT2D eigenvalue weighted by molar-refractivity contribution is -0.117. The first-order valence-electron chi connectivity index (χ1n) is 3.85. The van der Waals surface area contributed by atoms with E-state index in [0.717, 1.165) is 11.3 Å². The number of rotatable bonds is 1. The normalized spacial score (nSPS) is 17.1. The summed E-state index contributed by atoms with van der Waals surface area (Å²) < 4.78 is 36.7. The number of thiazole rings is 1. The Balaban J connectivity index is 2.29. The first-order valence-corrected chi connectivity index (χ1v) is 4.73. The van der Waals surface area contributed by atoms with Gasteiger partial charge in [-0.1, -0.05) is 0 Å². The molecule has 80 valence electrons. The van der Waals surface area contributed by atoms with Crippen molar-refractivity contribution in [1.82, 2.24) is 4.98 Å². The van der Waals surface area contributed by atoms with Crippen LogP contribution < -0.4 is 5.01 Å². The highest BCUT2D eigenvalue weighted by Crippen LogP contribution is 2.28. The summed E-state index contributed by atoms with van der Waals surface area (Å²) in [4.78, 5) is 14.9. The third kappa shape index (κ3) is 1.84. The number of aromatic nitrogens is 1. The second kappa shape index (κ2) is 3.30. The molecule has 0 saturated heterocycles. The van der Waals surface area contributed by atoms with Crippen molar-refractivity contribution in [2.75, 3.05) is 5.01 Å². The molecule has 1 aromatic rings. The summed E-state index contributed by atoms with van der Waals surface area (Å²) in [6.07, 6.45) is -3.88. The van der Waals surface area contributed by atoms with Gasteiger partial charge in [0.1, 0.15) is 0 Å². The van der Waals surface area contributed by atoms with Crippen LogP contribution in [0.25, 0.3) is 0 Å². The van der Waals surface area contributed by atoms with Crippen LogP contribution in [0.1, 0.15) is 6.42 Å². The Morgan fingerprint density at radius 3 is 2.67 bits per heavy atom. The molecule has 15 heavy (non-hydrogen) atoms. The van der Waals surface area contributed by atoms with Gasteiger partial charge in [-0.05, 0) is 0 Å². The summed E-state index contributed by atoms with van der Waals surface area (Å²) in [5, 5.41) is 5.61. The molecule has 0 fully saturated rings. The summed E-state index contributed by atoms with van der Waals surface area (Å²) in [5.74, 6) is -0.711. The monoisotopic (exact) mass is 235 g/mol. The highest BCUT2D eigenvalue weighted by atomic mass is 32.1. The zero-order chi connectivity index (χ0) is 11.1. The van der Waals surface area contributed by atoms with Crippen LogP contribution in [0.4, 0.5) is 18.3 Å². The Morgan fingerprint density at radius 1 is 1.47 bits per heavy atom. The molecule has 1 aromatic heterocycles. The Hall–Kier alpha value is -1.44. The van der Waals surface area contributed by atoms with E-state index in [1.165, 1.54) is 6.20 Å². The molecule has 0 aromatic carbocycles. The molecule has 0 unspecified atom stereocenters. The number of anilines is 1. The quantitative estimate of drug-likeness (QED) is 0.745. The van der Waals surface area contributed by atoms with Gasteiger partial charge in [0.2, 0.25) is 5.13 Å². The minimum Gasteiger partial charge on any atom is -0.272 e. The van der Waals surface area contributed by atoms with E-state index in [0.29, 0.717) is 5.01 Å². The maximum atomic E-state index is 12.2. The number of hydrogen-bond donors (Lipinski definition) is 0. The Bertz CT molecular complexity index is 412. The SMILES string of the molecule is O=C1CC(C(F)(F)F)=NN1c1nccs1. The summed E-state index contributed by atoms with van der Waals surface area (Å²) in [7, 11) is 0. The zero-order valence-corrected chi connectivity index (χ0v) is 7.97. The molecule has 2 rings (SSSR count). The fourth-order valence-corrected chi connectivity index (χ4v) is 1.66. The van der Waals surface area contributed by atoms with Gasteiger partial charge in [-0.25, -0.2) is 4.98 Å². The predicted molar refractivity (Wildman–Crippen MR) is 47.7 cm³/mol. The third-order valence-corrected chi connectivity index (χ3v) is 2.45. The smallest absolute Gasteiger partial charge is 0.272 e. The standard InChI is InChI=1S/C7H4F3N3OS/c8-7(9,10)4-3-5(14)13(12-4)6-11-1-2-15-6/h1-2H,3H2. The van der Waals surface area contributed by atoms with Gasteiger partial charge >= 0.3 is 6.18 Å². The average molecular weight is 235 g/mol. The lowest BCUT2D eigenvalue weighted by Crippen LogP contribution is -2.22. The van der Waals surface area contributed by atoms with Crippen LogP contribution in [-0.4, -0.2) is 22.8 Å². The van der Waals surface area contributed by atoms with Crippen molar-refractivity contribution in [2.45, 2.75) is 12.6 Å². The first kappa shape index (κ1) is 10.1. The van der Waals surface area contributed by atoms with Crippen molar-refractivity contribution >= 4 is 28.1 Å². The van der Waals surface area contributed by atoms with E-state index < -0.39 is 24.2 Å². The van der Waals surface area contributed by atoms with Crippen molar-refractivity contribution < 1.29 is 18.0 Å². The van der Waals surface area contributed by atoms with Gasteiger partial charge in [0.15, 0.2) is 5.71 Å². The van der Waals surface area contributed by atoms with Gasteiger partial charge in [-0.15, -0.1) is 11.3 Å². The third-order valence-electron chi connectivity index (χ3n) is 1.70. The molecule has 0 spiro atoms. The molecular formula is C7H4F3N3OS. The number of hydrazone groups is 1. The summed E-state index contributed by atoms with van der Waals surface area (Å²) in [6.45, 7) is 0. The summed E-state index contributed by atoms with van der Waals surface area (Å²) >= 11 is 1.06. The van der Waals surface area contributed by atoms with Gasteiger partial charge < -0.3 is 0 Å². The molecule has 1 amide bonds. The second-order valence-corrected chi connectivity index (χ2v) is 3.61. The van der Waals surface area contributed by atoms with E-state index in [-0.39, 0.29) is 5.13 Å². The van der Waals surface area contributed by atoms with Crippen LogP contribution in [0.3, 0.4) is 0 Å². The number of hydrogen-bond acceptors (Lipinski definition) is 4. The summed E-state index contributed by atoms with van der Waals surface area (Å²) in [6, 6.07) is 0. The number of carbonyl (C=O) groups excluding carboxylic acids is 1. The van der Waals surface area contributed by atoms with Gasteiger partial charge in [0, 0.05) is 11.6 Å². The van der Waals surface area contributed by atoms with Gasteiger partial charge in [-0.3, -0.25) is 4.79 Å². The molecule has 0 saturated carbocycles. The Kier molecular flexibility index (Phi) is 2.22. The van der Waals surface area contributed by atoms with E-state index in [1.54, 1.807) is 5.38 Å². The van der Waals surface area contributed by atoms with E-state index >= 15 is 0 Å². The fraction of sp³-hybridized carbons (Fsp3) is 0.286. The minimum atomic E-state index is -4.55. The van der Waals surface area contributed by atoms with Crippen LogP contribution in [0.5, 0.6) is 0 Å². The maximum Gasteiger partial charge on any atom is 0.431 e. The second-order valence-electron chi connectivity index (χ2n) is 2.74. The van der Waals surface area contributed by atoms with Crippen LogP contribution in [0.2, 0.25) is 0 Å². The fourth-order valence-electron chi connectivity index (χ4n) is 1.06. The lowest BCUT2D eigenvalue weighted by Gasteiger charge is -2.05. The van der Waals surface area contributed by atoms with E-state index in [4.69, 9.17) is 0 Å². The molecule has 1 aliphatic rings. The first-order chi connectivity index (χ1) is 6.98. The van der Waals surface area contributed by atoms with Crippen molar-refractivity contribution in [3.05, 3.63) is 11.6 Å². The molecule has 2 heterocycles. The largest absolute Gasteiger partial charge is 0.431 e. The van der Waals surface area contributed by atoms with Crippen molar-refractivity contribution in [2.24, 2.45) is 5.10 Å². The molecule has 0 atom stereocenters. The van der Waals surface area contributed by atoms with Crippen molar-refractivity contribution in [3.8, 4) is 0 Å². The lowest BCUT2D eigenvalue weighted by atomic mass is 10.3. The number of nitrogens with zero attached hydrogens (tertiary/aromatic N) is 3. The minimum absolute atomic E-state index is 0.152. The van der Waals surface area contributed by atoms with E-state index in [2.05, 4.69) is 10.1 Å². The maximum absolute atomic E-state index is 12.2. The molecule has 8 heteroatoms. The van der Waals surface area contributed by atoms with Crippen LogP contribution >= 0.6 is 11.3 Å². The van der Waals surface area contributed by atoms with E-state index in [1.807, 2.05) is 0 Å². The highest BCUT2D eigenvalue weighted by molar-refractivity contribution is 7.13. The molecule has 0 N–H and O–H groups in total. The molecule has 0 aliphatic carbocycles. The van der Waals surface area contributed by atoms with Gasteiger partial charge in [0.25, 0.3) is 5.91 Å². The summed E-state index contributed by atoms with van der Waals surface area (Å²) in [5.41, 5.74) is -1.08. The predicted octanol–water partition coefficient (Wildman–Crippen LogP) is 1.80. The number of amides is 1. The Labute approximate surface area is 86.0 Å². The van der Waals surface area contributed by atoms with Crippen LogP contribution in [0.15, 0.2) is 16.7 Å². The molecule has 0 radical (unpaired) electrons. The van der Waals surface area contributed by atoms with Gasteiger partial charge in [0.05, 0.1) is 6.42 Å². The number of alkyl halides is 3. The van der Waals surface area contributed by atoms with Gasteiger partial charge in [-0.2, -0.15) is 23.3 Å².